The van der Waals surface area contributed by atoms with E-state index in [-0.39, 0.29) is 10.8 Å². The van der Waals surface area contributed by atoms with Gasteiger partial charge in [-0.2, -0.15) is 0 Å². The van der Waals surface area contributed by atoms with Gasteiger partial charge < -0.3 is 5.73 Å². The van der Waals surface area contributed by atoms with Crippen LogP contribution in [0.3, 0.4) is 0 Å². The summed E-state index contributed by atoms with van der Waals surface area (Å²) >= 11 is 0. The lowest BCUT2D eigenvalue weighted by Crippen LogP contribution is -2.15. The number of rotatable bonds is 6. The first-order chi connectivity index (χ1) is 30.8. The molecule has 0 radical (unpaired) electrons. The molecule has 8 aromatic carbocycles. The first kappa shape index (κ1) is 39.5. The summed E-state index contributed by atoms with van der Waals surface area (Å²) in [5.74, 6) is -2.87. The van der Waals surface area contributed by atoms with E-state index in [1.807, 2.05) is 36.4 Å². The molecule has 0 saturated carbocycles. The van der Waals surface area contributed by atoms with Crippen LogP contribution in [-0.2, 0) is 17.3 Å². The lowest BCUT2D eigenvalue weighted by Gasteiger charge is -2.22. The van der Waals surface area contributed by atoms with E-state index in [4.69, 9.17) is 10.7 Å². The summed E-state index contributed by atoms with van der Waals surface area (Å²) in [6.45, 7) is 8.95. The van der Waals surface area contributed by atoms with E-state index in [0.717, 1.165) is 23.3 Å². The molecule has 64 heavy (non-hydrogen) atoms. The quantitative estimate of drug-likeness (QED) is 0.103. The van der Waals surface area contributed by atoms with E-state index < -0.39 is 23.3 Å². The molecule has 2 aliphatic carbocycles. The Kier molecular flexibility index (Phi) is 8.87. The normalized spacial score (nSPS) is 14.2. The van der Waals surface area contributed by atoms with E-state index in [9.17, 15) is 8.78 Å². The highest BCUT2D eigenvalue weighted by Gasteiger charge is 2.36. The van der Waals surface area contributed by atoms with Crippen LogP contribution in [0.2, 0.25) is 0 Å². The first-order valence-corrected chi connectivity index (χ1v) is 21.5. The largest absolute Gasteiger partial charge is 0.398 e. The Bertz CT molecular complexity index is 3450. The molecule has 2 aliphatic rings. The Hall–Kier alpha value is -7.31. The number of nitrogen functional groups attached to an aromatic ring is 1. The predicted octanol–water partition coefficient (Wildman–Crippen LogP) is 15.4. The van der Waals surface area contributed by atoms with Crippen molar-refractivity contribution in [1.82, 2.24) is 4.98 Å². The van der Waals surface area contributed by atoms with Gasteiger partial charge in [0.25, 0.3) is 0 Å². The van der Waals surface area contributed by atoms with Crippen molar-refractivity contribution in [3.63, 3.8) is 0 Å². The summed E-state index contributed by atoms with van der Waals surface area (Å²) in [4.78, 5) is 5.32. The second-order valence-corrected chi connectivity index (χ2v) is 18.3. The number of aromatic nitrogens is 1. The fraction of sp³-hybridized carbons (Fsp3) is 0.121. The highest BCUT2D eigenvalue weighted by Crippen LogP contribution is 2.51. The van der Waals surface area contributed by atoms with Gasteiger partial charge >= 0.3 is 0 Å². The summed E-state index contributed by atoms with van der Waals surface area (Å²) < 4.78 is 60.0. The number of fused-ring (bicyclic) bond motifs is 9. The van der Waals surface area contributed by atoms with E-state index in [1.54, 1.807) is 0 Å². The Morgan fingerprint density at radius 3 is 1.62 bits per heavy atom. The number of allylic oxidation sites excluding steroid dienone is 1. The Balaban J connectivity index is 1.10. The minimum Gasteiger partial charge on any atom is -0.398 e. The highest BCUT2D eigenvalue weighted by atomic mass is 19.1. The van der Waals surface area contributed by atoms with E-state index in [1.165, 1.54) is 68.8 Å². The van der Waals surface area contributed by atoms with Crippen LogP contribution in [0.4, 0.5) is 23.2 Å². The summed E-state index contributed by atoms with van der Waals surface area (Å²) in [6.07, 6.45) is 4.48. The topological polar surface area (TPSA) is 38.9 Å². The van der Waals surface area contributed by atoms with Crippen molar-refractivity contribution in [2.75, 3.05) is 5.73 Å². The molecule has 11 rings (SSSR count). The van der Waals surface area contributed by atoms with E-state index in [2.05, 4.69) is 113 Å². The van der Waals surface area contributed by atoms with Crippen molar-refractivity contribution >= 4 is 33.4 Å². The fourth-order valence-corrected chi connectivity index (χ4v) is 10.5. The number of pyridine rings is 1. The van der Waals surface area contributed by atoms with Crippen LogP contribution in [-0.4, -0.2) is 4.98 Å². The Morgan fingerprint density at radius 1 is 0.469 bits per heavy atom. The molecule has 1 heterocycles. The van der Waals surface area contributed by atoms with Crippen molar-refractivity contribution in [3.05, 3.63) is 208 Å². The van der Waals surface area contributed by atoms with Crippen LogP contribution in [0, 0.1) is 23.3 Å². The minimum absolute atomic E-state index is 0.162. The third-order valence-electron chi connectivity index (χ3n) is 13.7. The van der Waals surface area contributed by atoms with Crippen molar-refractivity contribution in [2.24, 2.45) is 0 Å². The Morgan fingerprint density at radius 2 is 1.00 bits per heavy atom. The molecule has 6 heteroatoms. The maximum Gasteiger partial charge on any atom is 0.126 e. The molecule has 2 nitrogen and oxygen atoms in total. The van der Waals surface area contributed by atoms with Crippen LogP contribution in [0.15, 0.2) is 152 Å². The third kappa shape index (κ3) is 6.18. The van der Waals surface area contributed by atoms with E-state index in [0.29, 0.717) is 67.3 Å². The van der Waals surface area contributed by atoms with Crippen molar-refractivity contribution < 1.29 is 17.6 Å². The summed E-state index contributed by atoms with van der Waals surface area (Å²) in [6, 6.07) is 44.4. The smallest absolute Gasteiger partial charge is 0.126 e. The molecule has 0 unspecified atom stereocenters. The average Bonchev–Trinajstić information content (AvgIpc) is 3.64. The lowest BCUT2D eigenvalue weighted by atomic mass is 9.82. The molecule has 9 aromatic rings. The van der Waals surface area contributed by atoms with Crippen LogP contribution in [0.1, 0.15) is 61.1 Å². The first-order valence-electron chi connectivity index (χ1n) is 21.5. The zero-order chi connectivity index (χ0) is 44.2. The van der Waals surface area contributed by atoms with Gasteiger partial charge in [-0.1, -0.05) is 119 Å². The standard InChI is InChI=1S/C58H42F4N2/c1-57(2)50-14-7-5-11-40(50)42-18-16-32(22-52(42)57)10-9-13-44-46(34-23-36(59)28-37(60)24-34)31-49-48(55(44)63)30-47(35-25-38(61)29-39(62)26-35)45-20-21-54(64-56(45)49)33-17-19-43-41-12-6-8-15-51(41)58(3,4)53(43)27-33/h5-9,11-31H,10,63H2,1-4H3/b13-9-. The van der Waals surface area contributed by atoms with Crippen LogP contribution in [0.5, 0.6) is 0 Å². The molecule has 1 aromatic heterocycles. The van der Waals surface area contributed by atoms with Gasteiger partial charge in [-0.05, 0) is 133 Å². The van der Waals surface area contributed by atoms with Gasteiger partial charge in [-0.15, -0.1) is 0 Å². The molecule has 0 atom stereocenters. The predicted molar refractivity (Wildman–Crippen MR) is 254 cm³/mol. The lowest BCUT2D eigenvalue weighted by molar-refractivity contribution is 0.583. The zero-order valence-electron chi connectivity index (χ0n) is 35.8. The van der Waals surface area contributed by atoms with Crippen LogP contribution < -0.4 is 5.73 Å². The number of halogens is 4. The van der Waals surface area contributed by atoms with E-state index >= 15 is 8.78 Å². The maximum absolute atomic E-state index is 15.1. The number of nitrogens with zero attached hydrogens (tertiary/aromatic N) is 1. The van der Waals surface area contributed by atoms with Gasteiger partial charge in [0, 0.05) is 55.9 Å². The molecular formula is C58H42F4N2. The molecule has 312 valence electrons. The number of anilines is 1. The molecule has 2 N–H and O–H groups in total. The van der Waals surface area contributed by atoms with Crippen LogP contribution >= 0.6 is 0 Å². The van der Waals surface area contributed by atoms with Crippen molar-refractivity contribution in [2.45, 2.75) is 44.9 Å². The zero-order valence-corrected chi connectivity index (χ0v) is 35.8. The summed E-state index contributed by atoms with van der Waals surface area (Å²) in [7, 11) is 0. The van der Waals surface area contributed by atoms with Crippen molar-refractivity contribution in [3.8, 4) is 55.8 Å². The average molecular weight is 843 g/mol. The number of nitrogens with two attached hydrogens (primary N) is 1. The molecule has 0 bridgehead atoms. The highest BCUT2D eigenvalue weighted by molar-refractivity contribution is 6.18. The maximum atomic E-state index is 15.1. The van der Waals surface area contributed by atoms with Crippen LogP contribution in [0.25, 0.3) is 83.5 Å². The molecule has 0 fully saturated rings. The molecule has 0 spiro atoms. The molecule has 0 amide bonds. The summed E-state index contributed by atoms with van der Waals surface area (Å²) in [5, 5.41) is 1.84. The van der Waals surface area contributed by atoms with Gasteiger partial charge in [-0.25, -0.2) is 22.5 Å². The minimum atomic E-state index is -0.721. The number of hydrogen-bond donors (Lipinski definition) is 1. The monoisotopic (exact) mass is 842 g/mol. The van der Waals surface area contributed by atoms with Crippen molar-refractivity contribution in [1.29, 1.82) is 0 Å². The second-order valence-electron chi connectivity index (χ2n) is 18.3. The summed E-state index contributed by atoms with van der Waals surface area (Å²) in [5.41, 5.74) is 22.5. The number of hydrogen-bond acceptors (Lipinski definition) is 2. The molecular weight excluding hydrogens is 801 g/mol. The Labute approximate surface area is 369 Å². The van der Waals surface area contributed by atoms with Gasteiger partial charge in [0.2, 0.25) is 0 Å². The van der Waals surface area contributed by atoms with Gasteiger partial charge in [0.15, 0.2) is 0 Å². The number of benzene rings is 8. The van der Waals surface area contributed by atoms with Gasteiger partial charge in [0.1, 0.15) is 23.3 Å². The molecule has 0 aliphatic heterocycles. The third-order valence-corrected chi connectivity index (χ3v) is 13.7. The second kappa shape index (κ2) is 14.4. The molecule has 0 saturated heterocycles. The van der Waals surface area contributed by atoms with Gasteiger partial charge in [0.05, 0.1) is 11.2 Å². The fourth-order valence-electron chi connectivity index (χ4n) is 10.5. The SMILES string of the molecule is CC1(C)c2ccccc2-c2ccc(C/C=C\c3c(-c4cc(F)cc(F)c4)cc4c(cc(-c5cc(F)cc(F)c5)c5ccc(-c6ccc7c(c6)C(C)(C)c6ccccc6-7)nc54)c3N)cc21. The van der Waals surface area contributed by atoms with Gasteiger partial charge in [-0.3, -0.25) is 0 Å².